The molecule has 17 heavy (non-hydrogen) atoms. The summed E-state index contributed by atoms with van der Waals surface area (Å²) in [7, 11) is 0. The van der Waals surface area contributed by atoms with Crippen molar-refractivity contribution in [2.24, 2.45) is 17.6 Å². The number of nitrogens with two attached hydrogens (primary N) is 1. The van der Waals surface area contributed by atoms with E-state index in [1.54, 1.807) is 0 Å². The highest BCUT2D eigenvalue weighted by Crippen LogP contribution is 2.23. The summed E-state index contributed by atoms with van der Waals surface area (Å²) in [5.74, 6) is 1.19. The Morgan fingerprint density at radius 3 is 2.94 bits per heavy atom. The zero-order chi connectivity index (χ0) is 12.4. The van der Waals surface area contributed by atoms with Gasteiger partial charge in [0.05, 0.1) is 0 Å². The summed E-state index contributed by atoms with van der Waals surface area (Å²) < 4.78 is 0. The fourth-order valence-corrected chi connectivity index (χ4v) is 2.20. The fraction of sp³-hybridized carbons (Fsp3) is 0.700. The van der Waals surface area contributed by atoms with Crippen LogP contribution < -0.4 is 21.9 Å². The van der Waals surface area contributed by atoms with Crippen LogP contribution in [0.5, 0.6) is 0 Å². The number of rotatable bonds is 2. The second-order valence-corrected chi connectivity index (χ2v) is 4.54. The highest BCUT2D eigenvalue weighted by atomic mass is 16.2. The predicted octanol–water partition coefficient (Wildman–Crippen LogP) is -1.12. The molecule has 2 heterocycles. The molecule has 7 nitrogen and oxygen atoms in total. The number of aromatic amines is 2. The van der Waals surface area contributed by atoms with Crippen LogP contribution in [0.15, 0.2) is 9.59 Å². The predicted molar refractivity (Wildman–Crippen MR) is 64.0 cm³/mol. The van der Waals surface area contributed by atoms with Gasteiger partial charge in [0, 0.05) is 13.1 Å². The Kier molecular flexibility index (Phi) is 3.28. The maximum absolute atomic E-state index is 11.6. The van der Waals surface area contributed by atoms with Crippen LogP contribution in [0.2, 0.25) is 0 Å². The average molecular weight is 239 g/mol. The van der Waals surface area contributed by atoms with Crippen LogP contribution in [-0.4, -0.2) is 34.8 Å². The summed E-state index contributed by atoms with van der Waals surface area (Å²) in [5.41, 5.74) is 4.68. The van der Waals surface area contributed by atoms with Crippen LogP contribution in [0.1, 0.15) is 13.3 Å². The maximum atomic E-state index is 11.6. The zero-order valence-electron chi connectivity index (χ0n) is 9.77. The van der Waals surface area contributed by atoms with E-state index in [4.69, 9.17) is 5.73 Å². The van der Waals surface area contributed by atoms with Crippen LogP contribution in [0.4, 0.5) is 5.82 Å². The summed E-state index contributed by atoms with van der Waals surface area (Å²) in [6.07, 6.45) is 0.974. The molecule has 0 bridgehead atoms. The molecule has 0 aliphatic carbocycles. The first kappa shape index (κ1) is 11.8. The topological polar surface area (TPSA) is 108 Å². The molecular weight excluding hydrogens is 222 g/mol. The summed E-state index contributed by atoms with van der Waals surface area (Å²) in [4.78, 5) is 26.5. The van der Waals surface area contributed by atoms with E-state index >= 15 is 0 Å². The van der Waals surface area contributed by atoms with Gasteiger partial charge in [-0.2, -0.15) is 0 Å². The Morgan fingerprint density at radius 1 is 1.53 bits per heavy atom. The molecule has 0 spiro atoms. The lowest BCUT2D eigenvalue weighted by molar-refractivity contribution is 0.306. The molecule has 0 amide bonds. The van der Waals surface area contributed by atoms with Crippen molar-refractivity contribution in [3.8, 4) is 0 Å². The van der Waals surface area contributed by atoms with Crippen molar-refractivity contribution in [3.63, 3.8) is 0 Å². The summed E-state index contributed by atoms with van der Waals surface area (Å²) in [6, 6.07) is 0. The van der Waals surface area contributed by atoms with Gasteiger partial charge in [-0.1, -0.05) is 6.92 Å². The monoisotopic (exact) mass is 239 g/mol. The van der Waals surface area contributed by atoms with E-state index in [-0.39, 0.29) is 5.82 Å². The third-order valence-corrected chi connectivity index (χ3v) is 3.41. The van der Waals surface area contributed by atoms with Gasteiger partial charge in [-0.15, -0.1) is 5.10 Å². The molecule has 2 rings (SSSR count). The van der Waals surface area contributed by atoms with E-state index in [1.807, 2.05) is 4.90 Å². The molecule has 2 unspecified atom stereocenters. The van der Waals surface area contributed by atoms with Gasteiger partial charge in [0.15, 0.2) is 0 Å². The van der Waals surface area contributed by atoms with Crippen molar-refractivity contribution < 1.29 is 0 Å². The second-order valence-electron chi connectivity index (χ2n) is 4.54. The van der Waals surface area contributed by atoms with Crippen molar-refractivity contribution >= 4 is 5.82 Å². The van der Waals surface area contributed by atoms with Crippen LogP contribution in [0, 0.1) is 11.8 Å². The highest BCUT2D eigenvalue weighted by molar-refractivity contribution is 5.34. The molecule has 2 atom stereocenters. The number of nitrogens with one attached hydrogen (secondary N) is 2. The summed E-state index contributed by atoms with van der Waals surface area (Å²) in [5, 5.41) is 6.05. The van der Waals surface area contributed by atoms with Gasteiger partial charge in [-0.25, -0.2) is 9.89 Å². The van der Waals surface area contributed by atoms with Gasteiger partial charge in [0.25, 0.3) is 5.56 Å². The van der Waals surface area contributed by atoms with E-state index in [2.05, 4.69) is 22.1 Å². The molecule has 1 aliphatic heterocycles. The molecule has 7 heteroatoms. The van der Waals surface area contributed by atoms with E-state index < -0.39 is 11.2 Å². The van der Waals surface area contributed by atoms with Crippen molar-refractivity contribution in [2.45, 2.75) is 13.3 Å². The van der Waals surface area contributed by atoms with Gasteiger partial charge in [0.1, 0.15) is 0 Å². The van der Waals surface area contributed by atoms with Crippen molar-refractivity contribution in [1.29, 1.82) is 0 Å². The van der Waals surface area contributed by atoms with Crippen LogP contribution in [0.25, 0.3) is 0 Å². The fourth-order valence-electron chi connectivity index (χ4n) is 2.20. The number of H-pyrrole nitrogens is 2. The number of hydrogen-bond acceptors (Lipinski definition) is 5. The van der Waals surface area contributed by atoms with E-state index in [0.717, 1.165) is 13.0 Å². The Bertz CT molecular complexity index is 494. The standard InChI is InChI=1S/C10H17N5O2/c1-6-2-3-15(5-7(6)4-11)8-9(16)12-10(17)14-13-8/h6-7H,2-5,11H2,1H3,(H2,12,14,16,17). The van der Waals surface area contributed by atoms with Gasteiger partial charge >= 0.3 is 5.69 Å². The SMILES string of the molecule is CC1CCN(c2n[nH]c(=O)[nH]c2=O)CC1CN. The molecule has 1 aromatic rings. The second kappa shape index (κ2) is 4.70. The molecule has 1 aliphatic rings. The number of hydrogen-bond donors (Lipinski definition) is 3. The van der Waals surface area contributed by atoms with Crippen molar-refractivity contribution in [1.82, 2.24) is 15.2 Å². The molecule has 0 saturated carbocycles. The van der Waals surface area contributed by atoms with Crippen molar-refractivity contribution in [3.05, 3.63) is 20.8 Å². The molecular formula is C10H17N5O2. The average Bonchev–Trinajstić information content (AvgIpc) is 2.30. The minimum atomic E-state index is -0.584. The van der Waals surface area contributed by atoms with Crippen LogP contribution >= 0.6 is 0 Å². The Morgan fingerprint density at radius 2 is 2.29 bits per heavy atom. The molecule has 0 aromatic carbocycles. The molecule has 0 radical (unpaired) electrons. The van der Waals surface area contributed by atoms with Crippen molar-refractivity contribution in [2.75, 3.05) is 24.5 Å². The Labute approximate surface area is 98.0 Å². The molecule has 1 aromatic heterocycles. The van der Waals surface area contributed by atoms with Crippen LogP contribution in [0.3, 0.4) is 0 Å². The minimum absolute atomic E-state index is 0.273. The third-order valence-electron chi connectivity index (χ3n) is 3.41. The van der Waals surface area contributed by atoms with E-state index in [1.165, 1.54) is 0 Å². The number of nitrogens with zero attached hydrogens (tertiary/aromatic N) is 2. The lowest BCUT2D eigenvalue weighted by atomic mass is 9.87. The smallest absolute Gasteiger partial charge is 0.342 e. The number of piperidine rings is 1. The lowest BCUT2D eigenvalue weighted by Crippen LogP contribution is -2.45. The normalized spacial score (nSPS) is 24.9. The summed E-state index contributed by atoms with van der Waals surface area (Å²) in [6.45, 7) is 4.23. The highest BCUT2D eigenvalue weighted by Gasteiger charge is 2.27. The first-order chi connectivity index (χ1) is 8.11. The first-order valence-corrected chi connectivity index (χ1v) is 5.76. The Hall–Kier alpha value is -1.63. The first-order valence-electron chi connectivity index (χ1n) is 5.76. The number of aromatic nitrogens is 3. The zero-order valence-corrected chi connectivity index (χ0v) is 9.77. The van der Waals surface area contributed by atoms with Gasteiger partial charge in [0.2, 0.25) is 5.82 Å². The third kappa shape index (κ3) is 2.38. The molecule has 1 saturated heterocycles. The quantitative estimate of drug-likeness (QED) is 0.606. The lowest BCUT2D eigenvalue weighted by Gasteiger charge is -2.36. The molecule has 4 N–H and O–H groups in total. The largest absolute Gasteiger partial charge is 0.350 e. The Balaban J connectivity index is 2.23. The molecule has 94 valence electrons. The number of anilines is 1. The maximum Gasteiger partial charge on any atom is 0.342 e. The minimum Gasteiger partial charge on any atom is -0.350 e. The van der Waals surface area contributed by atoms with Gasteiger partial charge in [-0.05, 0) is 24.8 Å². The van der Waals surface area contributed by atoms with Gasteiger partial charge < -0.3 is 10.6 Å². The van der Waals surface area contributed by atoms with Crippen LogP contribution in [-0.2, 0) is 0 Å². The molecule has 1 fully saturated rings. The van der Waals surface area contributed by atoms with E-state index in [0.29, 0.717) is 24.9 Å². The van der Waals surface area contributed by atoms with Gasteiger partial charge in [-0.3, -0.25) is 9.78 Å². The van der Waals surface area contributed by atoms with E-state index in [9.17, 15) is 9.59 Å². The summed E-state index contributed by atoms with van der Waals surface area (Å²) >= 11 is 0.